The third-order valence-electron chi connectivity index (χ3n) is 2.99. The molecule has 2 amide bonds. The van der Waals surface area contributed by atoms with Crippen molar-refractivity contribution in [3.05, 3.63) is 35.4 Å². The number of amidine groups is 1. The Labute approximate surface area is 111 Å². The van der Waals surface area contributed by atoms with Gasteiger partial charge in [0, 0.05) is 0 Å². The van der Waals surface area contributed by atoms with Gasteiger partial charge >= 0.3 is 0 Å². The van der Waals surface area contributed by atoms with Gasteiger partial charge in [-0.1, -0.05) is 29.8 Å². The van der Waals surface area contributed by atoms with Gasteiger partial charge in [0.2, 0.25) is 5.91 Å². The molecule has 1 aromatic carbocycles. The largest absolute Gasteiger partial charge is 0.319 e. The average Bonchev–Trinajstić information content (AvgIpc) is 2.29. The molecule has 1 atom stereocenters. The number of nitrogens with two attached hydrogens (primary N) is 1. The van der Waals surface area contributed by atoms with Crippen molar-refractivity contribution in [3.63, 3.8) is 0 Å². The molecule has 5 nitrogen and oxygen atoms in total. The minimum absolute atomic E-state index is 0.214. The summed E-state index contributed by atoms with van der Waals surface area (Å²) in [5, 5.41) is 2.62. The second-order valence-corrected chi connectivity index (χ2v) is 5.35. The van der Waals surface area contributed by atoms with E-state index in [1.165, 1.54) is 0 Å². The maximum atomic E-state index is 12.1. The first-order chi connectivity index (χ1) is 8.79. The third kappa shape index (κ3) is 2.71. The first-order valence-electron chi connectivity index (χ1n) is 6.08. The lowest BCUT2D eigenvalue weighted by atomic mass is 9.93. The smallest absolute Gasteiger partial charge is 0.264 e. The molecular weight excluding hydrogens is 242 g/mol. The molecule has 0 saturated carbocycles. The lowest BCUT2D eigenvalue weighted by Crippen LogP contribution is -2.55. The number of nitrogens with zero attached hydrogens (tertiary/aromatic N) is 1. The molecule has 100 valence electrons. The fourth-order valence-corrected chi connectivity index (χ4v) is 1.86. The van der Waals surface area contributed by atoms with Crippen LogP contribution < -0.4 is 11.1 Å². The van der Waals surface area contributed by atoms with Crippen molar-refractivity contribution in [1.29, 1.82) is 0 Å². The predicted octanol–water partition coefficient (Wildman–Crippen LogP) is 0.871. The van der Waals surface area contributed by atoms with Crippen LogP contribution >= 0.6 is 0 Å². The van der Waals surface area contributed by atoms with E-state index in [2.05, 4.69) is 10.3 Å². The molecule has 0 aliphatic carbocycles. The van der Waals surface area contributed by atoms with Crippen LogP contribution in [0.1, 0.15) is 30.9 Å². The van der Waals surface area contributed by atoms with Crippen LogP contribution in [-0.2, 0) is 9.59 Å². The standard InChI is InChI=1S/C14H17N3O2/c1-8-4-6-9(7-5-8)10-11(18)16-13(14(2,3)15)17-12(10)19/h4-7,10H,15H2,1-3H3,(H,16,17,18,19). The SMILES string of the molecule is Cc1ccc(C2C(=O)N=C(C(C)(C)N)NC2=O)cc1. The van der Waals surface area contributed by atoms with E-state index in [0.717, 1.165) is 5.56 Å². The van der Waals surface area contributed by atoms with E-state index in [9.17, 15) is 9.59 Å². The summed E-state index contributed by atoms with van der Waals surface area (Å²) in [4.78, 5) is 28.0. The second-order valence-electron chi connectivity index (χ2n) is 5.35. The number of aliphatic imine (C=N–C) groups is 1. The van der Waals surface area contributed by atoms with Crippen molar-refractivity contribution >= 4 is 17.6 Å². The van der Waals surface area contributed by atoms with Gasteiger partial charge in [-0.3, -0.25) is 9.59 Å². The Kier molecular flexibility index (Phi) is 3.24. The summed E-state index contributed by atoms with van der Waals surface area (Å²) >= 11 is 0. The number of carbonyl (C=O) groups excluding carboxylic acids is 2. The highest BCUT2D eigenvalue weighted by Crippen LogP contribution is 2.22. The Bertz CT molecular complexity index is 553. The summed E-state index contributed by atoms with van der Waals surface area (Å²) in [5.74, 6) is -1.52. The molecule has 0 saturated heterocycles. The second kappa shape index (κ2) is 4.59. The lowest BCUT2D eigenvalue weighted by molar-refractivity contribution is -0.130. The Balaban J connectivity index is 2.35. The summed E-state index contributed by atoms with van der Waals surface area (Å²) in [6, 6.07) is 7.27. The lowest BCUT2D eigenvalue weighted by Gasteiger charge is -2.27. The van der Waals surface area contributed by atoms with Crippen LogP contribution in [0.25, 0.3) is 0 Å². The third-order valence-corrected chi connectivity index (χ3v) is 2.99. The Hall–Kier alpha value is -2.01. The van der Waals surface area contributed by atoms with Crippen LogP contribution in [0.2, 0.25) is 0 Å². The number of aryl methyl sites for hydroxylation is 1. The van der Waals surface area contributed by atoms with Gasteiger partial charge in [-0.2, -0.15) is 4.99 Å². The van der Waals surface area contributed by atoms with Gasteiger partial charge in [0.25, 0.3) is 5.91 Å². The molecule has 0 fully saturated rings. The molecule has 0 bridgehead atoms. The van der Waals surface area contributed by atoms with E-state index in [1.807, 2.05) is 19.1 Å². The van der Waals surface area contributed by atoms with Crippen LogP contribution in [0, 0.1) is 6.92 Å². The van der Waals surface area contributed by atoms with Gasteiger partial charge in [0.05, 0.1) is 5.54 Å². The van der Waals surface area contributed by atoms with Crippen LogP contribution in [-0.4, -0.2) is 23.2 Å². The molecular formula is C14H17N3O2. The highest BCUT2D eigenvalue weighted by molar-refractivity contribution is 6.20. The predicted molar refractivity (Wildman–Crippen MR) is 72.8 cm³/mol. The molecule has 0 spiro atoms. The molecule has 19 heavy (non-hydrogen) atoms. The molecule has 1 heterocycles. The van der Waals surface area contributed by atoms with Crippen molar-refractivity contribution in [2.75, 3.05) is 0 Å². The van der Waals surface area contributed by atoms with Crippen LogP contribution in [0.5, 0.6) is 0 Å². The first-order valence-corrected chi connectivity index (χ1v) is 6.08. The number of carbonyl (C=O) groups is 2. The molecule has 1 aromatic rings. The van der Waals surface area contributed by atoms with E-state index in [1.54, 1.807) is 26.0 Å². The number of hydrogen-bond donors (Lipinski definition) is 2. The highest BCUT2D eigenvalue weighted by Gasteiger charge is 2.36. The molecule has 1 aliphatic heterocycles. The maximum absolute atomic E-state index is 12.1. The Morgan fingerprint density at radius 3 is 2.26 bits per heavy atom. The topological polar surface area (TPSA) is 84.6 Å². The molecule has 5 heteroatoms. The number of benzene rings is 1. The quantitative estimate of drug-likeness (QED) is 0.773. The van der Waals surface area contributed by atoms with Crippen molar-refractivity contribution in [3.8, 4) is 0 Å². The van der Waals surface area contributed by atoms with Crippen molar-refractivity contribution < 1.29 is 9.59 Å². The summed E-state index contributed by atoms with van der Waals surface area (Å²) in [6.07, 6.45) is 0. The molecule has 0 radical (unpaired) electrons. The van der Waals surface area contributed by atoms with Crippen LogP contribution in [0.15, 0.2) is 29.3 Å². The monoisotopic (exact) mass is 259 g/mol. The summed E-state index contributed by atoms with van der Waals surface area (Å²) in [6.45, 7) is 5.32. The molecule has 3 N–H and O–H groups in total. The fourth-order valence-electron chi connectivity index (χ4n) is 1.86. The number of rotatable bonds is 2. The van der Waals surface area contributed by atoms with E-state index in [0.29, 0.717) is 5.56 Å². The summed E-state index contributed by atoms with van der Waals surface area (Å²) in [5.41, 5.74) is 6.71. The van der Waals surface area contributed by atoms with Gasteiger partial charge in [-0.15, -0.1) is 0 Å². The Morgan fingerprint density at radius 1 is 1.21 bits per heavy atom. The van der Waals surface area contributed by atoms with E-state index in [-0.39, 0.29) is 11.7 Å². The van der Waals surface area contributed by atoms with E-state index in [4.69, 9.17) is 5.73 Å². The van der Waals surface area contributed by atoms with Gasteiger partial charge in [-0.25, -0.2) is 0 Å². The maximum Gasteiger partial charge on any atom is 0.264 e. The van der Waals surface area contributed by atoms with Crippen LogP contribution in [0.3, 0.4) is 0 Å². The minimum atomic E-state index is -0.883. The van der Waals surface area contributed by atoms with Crippen LogP contribution in [0.4, 0.5) is 0 Å². The average molecular weight is 259 g/mol. The molecule has 2 rings (SSSR count). The normalized spacial score (nSPS) is 20.0. The van der Waals surface area contributed by atoms with Gasteiger partial charge < -0.3 is 11.1 Å². The minimum Gasteiger partial charge on any atom is -0.319 e. The number of nitrogens with one attached hydrogen (secondary N) is 1. The van der Waals surface area contributed by atoms with Gasteiger partial charge in [0.1, 0.15) is 11.8 Å². The number of amides is 2. The van der Waals surface area contributed by atoms with E-state index >= 15 is 0 Å². The summed E-state index contributed by atoms with van der Waals surface area (Å²) in [7, 11) is 0. The summed E-state index contributed by atoms with van der Waals surface area (Å²) < 4.78 is 0. The van der Waals surface area contributed by atoms with Gasteiger partial charge in [-0.05, 0) is 26.3 Å². The molecule has 1 aliphatic rings. The highest BCUT2D eigenvalue weighted by atomic mass is 16.2. The van der Waals surface area contributed by atoms with Crippen molar-refractivity contribution in [2.45, 2.75) is 32.2 Å². The van der Waals surface area contributed by atoms with E-state index < -0.39 is 17.4 Å². The zero-order chi connectivity index (χ0) is 14.2. The van der Waals surface area contributed by atoms with Crippen molar-refractivity contribution in [1.82, 2.24) is 5.32 Å². The zero-order valence-electron chi connectivity index (χ0n) is 11.2. The fraction of sp³-hybridized carbons (Fsp3) is 0.357. The number of hydrogen-bond acceptors (Lipinski definition) is 3. The zero-order valence-corrected chi connectivity index (χ0v) is 11.2. The van der Waals surface area contributed by atoms with Crippen molar-refractivity contribution in [2.24, 2.45) is 10.7 Å². The Morgan fingerprint density at radius 2 is 1.79 bits per heavy atom. The van der Waals surface area contributed by atoms with Gasteiger partial charge in [0.15, 0.2) is 0 Å². The first kappa shape index (κ1) is 13.4. The molecule has 1 unspecified atom stereocenters. The molecule has 0 aromatic heterocycles.